The van der Waals surface area contributed by atoms with Crippen molar-refractivity contribution in [1.82, 2.24) is 20.0 Å². The van der Waals surface area contributed by atoms with Gasteiger partial charge in [0, 0.05) is 24.1 Å². The largest absolute Gasteiger partial charge is 0.335 e. The summed E-state index contributed by atoms with van der Waals surface area (Å²) < 4.78 is 1.82. The van der Waals surface area contributed by atoms with Crippen LogP contribution in [0.15, 0.2) is 24.3 Å². The standard InChI is InChI=1S/C29H45N5O2/c1-7-8-12-17-33(28(36)30-23-13-10-9-11-14-23)20-27(35)31-26-19-25(29(4,5)6)32-34(26)24-16-15-21(2)18-22(24)3/h15-16,18-19,23H,7-14,17,20H2,1-6H3,(H,30,36)(H,31,35). The van der Waals surface area contributed by atoms with E-state index in [1.165, 1.54) is 12.0 Å². The van der Waals surface area contributed by atoms with Crippen LogP contribution in [0.1, 0.15) is 95.9 Å². The number of anilines is 1. The second kappa shape index (κ2) is 12.4. The lowest BCUT2D eigenvalue weighted by Gasteiger charge is -2.28. The number of amides is 3. The van der Waals surface area contributed by atoms with Gasteiger partial charge in [-0.3, -0.25) is 4.79 Å². The molecule has 7 nitrogen and oxygen atoms in total. The van der Waals surface area contributed by atoms with Gasteiger partial charge in [0.25, 0.3) is 0 Å². The predicted octanol–water partition coefficient (Wildman–Crippen LogP) is 6.26. The minimum atomic E-state index is -0.211. The van der Waals surface area contributed by atoms with Gasteiger partial charge in [-0.25, -0.2) is 9.48 Å². The summed E-state index contributed by atoms with van der Waals surface area (Å²) in [5.74, 6) is 0.412. The zero-order chi connectivity index (χ0) is 26.3. The minimum Gasteiger partial charge on any atom is -0.335 e. The highest BCUT2D eigenvalue weighted by atomic mass is 16.2. The Morgan fingerprint density at radius 1 is 1.08 bits per heavy atom. The molecule has 36 heavy (non-hydrogen) atoms. The lowest BCUT2D eigenvalue weighted by Crippen LogP contribution is -2.48. The van der Waals surface area contributed by atoms with E-state index in [1.807, 2.05) is 16.8 Å². The van der Waals surface area contributed by atoms with E-state index in [4.69, 9.17) is 5.10 Å². The zero-order valence-electron chi connectivity index (χ0n) is 23.1. The Morgan fingerprint density at radius 3 is 2.44 bits per heavy atom. The van der Waals surface area contributed by atoms with Crippen molar-refractivity contribution < 1.29 is 9.59 Å². The first-order valence-corrected chi connectivity index (χ1v) is 13.6. The molecule has 2 aromatic rings. The first-order valence-electron chi connectivity index (χ1n) is 13.6. The number of hydrogen-bond acceptors (Lipinski definition) is 3. The van der Waals surface area contributed by atoms with E-state index in [2.05, 4.69) is 64.3 Å². The molecule has 1 aliphatic rings. The summed E-state index contributed by atoms with van der Waals surface area (Å²) in [6.45, 7) is 13.2. The Balaban J connectivity index is 1.79. The van der Waals surface area contributed by atoms with Crippen molar-refractivity contribution in [1.29, 1.82) is 0 Å². The number of carbonyl (C=O) groups excluding carboxylic acids is 2. The monoisotopic (exact) mass is 495 g/mol. The van der Waals surface area contributed by atoms with Gasteiger partial charge in [0.05, 0.1) is 11.4 Å². The molecule has 1 aliphatic carbocycles. The van der Waals surface area contributed by atoms with Crippen LogP contribution in [0.4, 0.5) is 10.6 Å². The highest BCUT2D eigenvalue weighted by molar-refractivity contribution is 5.94. The van der Waals surface area contributed by atoms with Crippen LogP contribution in [0.5, 0.6) is 0 Å². The molecule has 0 radical (unpaired) electrons. The maximum atomic E-state index is 13.3. The van der Waals surface area contributed by atoms with Gasteiger partial charge in [-0.15, -0.1) is 0 Å². The van der Waals surface area contributed by atoms with Gasteiger partial charge in [0.2, 0.25) is 5.91 Å². The molecule has 0 bridgehead atoms. The maximum Gasteiger partial charge on any atom is 0.318 e. The number of urea groups is 1. The van der Waals surface area contributed by atoms with Gasteiger partial charge >= 0.3 is 6.03 Å². The molecule has 1 fully saturated rings. The maximum absolute atomic E-state index is 13.3. The number of aromatic nitrogens is 2. The van der Waals surface area contributed by atoms with Crippen LogP contribution in [-0.4, -0.2) is 45.8 Å². The van der Waals surface area contributed by atoms with Crippen molar-refractivity contribution in [3.05, 3.63) is 41.1 Å². The highest BCUT2D eigenvalue weighted by Gasteiger charge is 2.25. The molecule has 198 valence electrons. The number of rotatable bonds is 9. The van der Waals surface area contributed by atoms with Crippen LogP contribution in [0.3, 0.4) is 0 Å². The summed E-state index contributed by atoms with van der Waals surface area (Å²) in [6, 6.07) is 8.23. The van der Waals surface area contributed by atoms with Crippen LogP contribution in [0.25, 0.3) is 5.69 Å². The second-order valence-electron chi connectivity index (χ2n) is 11.3. The molecule has 1 aromatic heterocycles. The molecule has 0 saturated heterocycles. The van der Waals surface area contributed by atoms with E-state index in [1.54, 1.807) is 4.90 Å². The third kappa shape index (κ3) is 7.58. The number of nitrogens with one attached hydrogen (secondary N) is 2. The number of hydrogen-bond donors (Lipinski definition) is 2. The van der Waals surface area contributed by atoms with E-state index in [9.17, 15) is 9.59 Å². The minimum absolute atomic E-state index is 0.0190. The molecule has 2 N–H and O–H groups in total. The van der Waals surface area contributed by atoms with E-state index in [0.717, 1.165) is 61.9 Å². The fourth-order valence-corrected chi connectivity index (χ4v) is 4.74. The van der Waals surface area contributed by atoms with Crippen LogP contribution >= 0.6 is 0 Å². The van der Waals surface area contributed by atoms with Gasteiger partial charge in [-0.05, 0) is 44.7 Å². The van der Waals surface area contributed by atoms with Gasteiger partial charge in [0.15, 0.2) is 0 Å². The third-order valence-electron chi connectivity index (χ3n) is 6.91. The normalized spacial score (nSPS) is 14.5. The molecule has 0 spiro atoms. The van der Waals surface area contributed by atoms with Gasteiger partial charge in [0.1, 0.15) is 12.4 Å². The van der Waals surface area contributed by atoms with Crippen molar-refractivity contribution in [3.63, 3.8) is 0 Å². The zero-order valence-corrected chi connectivity index (χ0v) is 23.1. The summed E-state index contributed by atoms with van der Waals surface area (Å²) in [6.07, 6.45) is 8.56. The molecule has 3 rings (SSSR count). The SMILES string of the molecule is CCCCCN(CC(=O)Nc1cc(C(C)(C)C)nn1-c1ccc(C)cc1C)C(=O)NC1CCCCC1. The van der Waals surface area contributed by atoms with Crippen LogP contribution < -0.4 is 10.6 Å². The van der Waals surface area contributed by atoms with Crippen LogP contribution in [0, 0.1) is 13.8 Å². The average Bonchev–Trinajstić information content (AvgIpc) is 3.23. The lowest BCUT2D eigenvalue weighted by atomic mass is 9.92. The summed E-state index contributed by atoms with van der Waals surface area (Å²) in [5.41, 5.74) is 3.92. The quantitative estimate of drug-likeness (QED) is 0.403. The summed E-state index contributed by atoms with van der Waals surface area (Å²) in [7, 11) is 0. The molecular formula is C29H45N5O2. The van der Waals surface area contributed by atoms with Gasteiger partial charge < -0.3 is 15.5 Å². The van der Waals surface area contributed by atoms with E-state index < -0.39 is 0 Å². The summed E-state index contributed by atoms with van der Waals surface area (Å²) >= 11 is 0. The van der Waals surface area contributed by atoms with Crippen molar-refractivity contribution in [3.8, 4) is 5.69 Å². The second-order valence-corrected chi connectivity index (χ2v) is 11.3. The van der Waals surface area contributed by atoms with Crippen molar-refractivity contribution in [2.45, 2.75) is 104 Å². The van der Waals surface area contributed by atoms with E-state index in [-0.39, 0.29) is 29.9 Å². The number of nitrogens with zero attached hydrogens (tertiary/aromatic N) is 3. The van der Waals surface area contributed by atoms with E-state index >= 15 is 0 Å². The van der Waals surface area contributed by atoms with Crippen LogP contribution in [-0.2, 0) is 10.2 Å². The molecule has 1 heterocycles. The number of benzene rings is 1. The van der Waals surface area contributed by atoms with Crippen molar-refractivity contribution in [2.24, 2.45) is 0 Å². The molecule has 0 atom stereocenters. The molecular weight excluding hydrogens is 450 g/mol. The molecule has 3 amide bonds. The van der Waals surface area contributed by atoms with E-state index in [0.29, 0.717) is 12.4 Å². The Morgan fingerprint density at radius 2 is 1.81 bits per heavy atom. The third-order valence-corrected chi connectivity index (χ3v) is 6.91. The van der Waals surface area contributed by atoms with Crippen molar-refractivity contribution in [2.75, 3.05) is 18.4 Å². The number of unbranched alkanes of at least 4 members (excludes halogenated alkanes) is 2. The van der Waals surface area contributed by atoms with Crippen LogP contribution in [0.2, 0.25) is 0 Å². The Bertz CT molecular complexity index is 1030. The number of aryl methyl sites for hydroxylation is 2. The predicted molar refractivity (Wildman–Crippen MR) is 147 cm³/mol. The number of carbonyl (C=O) groups is 2. The smallest absolute Gasteiger partial charge is 0.318 e. The Hall–Kier alpha value is -2.83. The molecule has 1 aromatic carbocycles. The molecule has 0 unspecified atom stereocenters. The first-order chi connectivity index (χ1) is 17.1. The molecule has 0 aliphatic heterocycles. The Kier molecular flexibility index (Phi) is 9.57. The first kappa shape index (κ1) is 27.8. The molecule has 1 saturated carbocycles. The Labute approximate surface area is 217 Å². The summed E-state index contributed by atoms with van der Waals surface area (Å²) in [5, 5.41) is 11.1. The fraction of sp³-hybridized carbons (Fsp3) is 0.621. The van der Waals surface area contributed by atoms with Gasteiger partial charge in [-0.1, -0.05) is 77.5 Å². The summed E-state index contributed by atoms with van der Waals surface area (Å²) in [4.78, 5) is 28.0. The highest BCUT2D eigenvalue weighted by Crippen LogP contribution is 2.28. The van der Waals surface area contributed by atoms with Gasteiger partial charge in [-0.2, -0.15) is 5.10 Å². The van der Waals surface area contributed by atoms with Crippen molar-refractivity contribution >= 4 is 17.8 Å². The molecule has 7 heteroatoms. The fourth-order valence-electron chi connectivity index (χ4n) is 4.74. The average molecular weight is 496 g/mol. The topological polar surface area (TPSA) is 79.3 Å². The lowest BCUT2D eigenvalue weighted by molar-refractivity contribution is -0.116.